The average molecular weight is 240 g/mol. The Morgan fingerprint density at radius 1 is 1.41 bits per heavy atom. The van der Waals surface area contributed by atoms with E-state index in [1.165, 1.54) is 6.92 Å². The first-order valence-corrected chi connectivity index (χ1v) is 5.46. The van der Waals surface area contributed by atoms with Gasteiger partial charge in [-0.2, -0.15) is 0 Å². The summed E-state index contributed by atoms with van der Waals surface area (Å²) in [7, 11) is 0. The van der Waals surface area contributed by atoms with E-state index in [2.05, 4.69) is 5.32 Å². The first kappa shape index (κ1) is 12.0. The second-order valence-electron chi connectivity index (χ2n) is 4.52. The molecular formula is C12H14F2N2O. The molecule has 0 aliphatic heterocycles. The lowest BCUT2D eigenvalue weighted by atomic mass is 10.1. The van der Waals surface area contributed by atoms with Gasteiger partial charge in [-0.25, -0.2) is 8.78 Å². The van der Waals surface area contributed by atoms with Crippen molar-refractivity contribution in [3.63, 3.8) is 0 Å². The minimum atomic E-state index is -0.634. The third-order valence-electron chi connectivity index (χ3n) is 3.22. The normalized spacial score (nSPS) is 16.7. The van der Waals surface area contributed by atoms with Crippen LogP contribution in [0.2, 0.25) is 0 Å². The summed E-state index contributed by atoms with van der Waals surface area (Å²) >= 11 is 0. The molecule has 2 rings (SSSR count). The van der Waals surface area contributed by atoms with Gasteiger partial charge in [-0.05, 0) is 31.4 Å². The smallest absolute Gasteiger partial charge is 0.231 e. The van der Waals surface area contributed by atoms with E-state index in [-0.39, 0.29) is 23.7 Å². The fraction of sp³-hybridized carbons (Fsp3) is 0.417. The quantitative estimate of drug-likeness (QED) is 0.848. The maximum absolute atomic E-state index is 13.5. The zero-order valence-electron chi connectivity index (χ0n) is 9.52. The molecule has 0 heterocycles. The van der Waals surface area contributed by atoms with Crippen molar-refractivity contribution >= 4 is 11.6 Å². The third-order valence-corrected chi connectivity index (χ3v) is 3.22. The van der Waals surface area contributed by atoms with Crippen molar-refractivity contribution in [2.24, 2.45) is 11.1 Å². The third kappa shape index (κ3) is 2.15. The summed E-state index contributed by atoms with van der Waals surface area (Å²) in [5, 5.41) is 2.40. The molecule has 0 radical (unpaired) electrons. The summed E-state index contributed by atoms with van der Waals surface area (Å²) in [4.78, 5) is 11.8. The molecular weight excluding hydrogens is 226 g/mol. The predicted octanol–water partition coefficient (Wildman–Crippen LogP) is 1.95. The number of benzene rings is 1. The lowest BCUT2D eigenvalue weighted by Crippen LogP contribution is -2.31. The number of nitrogens with one attached hydrogen (secondary N) is 1. The van der Waals surface area contributed by atoms with Crippen molar-refractivity contribution in [3.05, 3.63) is 29.3 Å². The SMILES string of the molecule is Cc1cc(F)c(NC(=O)C2(CN)CC2)cc1F. The summed E-state index contributed by atoms with van der Waals surface area (Å²) in [6.07, 6.45) is 1.40. The maximum atomic E-state index is 13.5. The van der Waals surface area contributed by atoms with Gasteiger partial charge < -0.3 is 11.1 Å². The Morgan fingerprint density at radius 3 is 2.59 bits per heavy atom. The summed E-state index contributed by atoms with van der Waals surface area (Å²) in [6.45, 7) is 1.70. The second-order valence-corrected chi connectivity index (χ2v) is 4.52. The molecule has 1 amide bonds. The van der Waals surface area contributed by atoms with Crippen LogP contribution in [0.4, 0.5) is 14.5 Å². The first-order chi connectivity index (χ1) is 7.98. The Morgan fingerprint density at radius 2 is 2.06 bits per heavy atom. The summed E-state index contributed by atoms with van der Waals surface area (Å²) < 4.78 is 26.8. The summed E-state index contributed by atoms with van der Waals surface area (Å²) in [5.41, 5.74) is 4.99. The lowest BCUT2D eigenvalue weighted by Gasteiger charge is -2.13. The number of hydrogen-bond acceptors (Lipinski definition) is 2. The van der Waals surface area contributed by atoms with Crippen LogP contribution in [-0.4, -0.2) is 12.5 Å². The Bertz CT molecular complexity index is 470. The molecule has 1 saturated carbocycles. The van der Waals surface area contributed by atoms with Gasteiger partial charge >= 0.3 is 0 Å². The van der Waals surface area contributed by atoms with Gasteiger partial charge in [-0.3, -0.25) is 4.79 Å². The zero-order chi connectivity index (χ0) is 12.6. The fourth-order valence-electron chi connectivity index (χ4n) is 1.67. The van der Waals surface area contributed by atoms with Crippen molar-refractivity contribution in [3.8, 4) is 0 Å². The van der Waals surface area contributed by atoms with Gasteiger partial charge in [0.25, 0.3) is 0 Å². The van der Waals surface area contributed by atoms with E-state index in [0.717, 1.165) is 12.1 Å². The van der Waals surface area contributed by atoms with Gasteiger partial charge in [-0.1, -0.05) is 0 Å². The maximum Gasteiger partial charge on any atom is 0.231 e. The molecule has 3 nitrogen and oxygen atoms in total. The molecule has 0 aromatic heterocycles. The van der Waals surface area contributed by atoms with Gasteiger partial charge in [0.15, 0.2) is 0 Å². The number of carbonyl (C=O) groups is 1. The van der Waals surface area contributed by atoms with Crippen LogP contribution >= 0.6 is 0 Å². The first-order valence-electron chi connectivity index (χ1n) is 5.46. The van der Waals surface area contributed by atoms with Gasteiger partial charge in [-0.15, -0.1) is 0 Å². The number of halogens is 2. The van der Waals surface area contributed by atoms with Crippen molar-refractivity contribution in [2.45, 2.75) is 19.8 Å². The predicted molar refractivity (Wildman–Crippen MR) is 60.4 cm³/mol. The van der Waals surface area contributed by atoms with Gasteiger partial charge in [0.1, 0.15) is 11.6 Å². The van der Waals surface area contributed by atoms with Crippen LogP contribution in [-0.2, 0) is 4.79 Å². The highest BCUT2D eigenvalue weighted by Gasteiger charge is 2.48. The van der Waals surface area contributed by atoms with E-state index in [9.17, 15) is 13.6 Å². The number of rotatable bonds is 3. The molecule has 0 bridgehead atoms. The molecule has 1 aliphatic rings. The van der Waals surface area contributed by atoms with Crippen LogP contribution in [0, 0.1) is 24.0 Å². The molecule has 0 spiro atoms. The topological polar surface area (TPSA) is 55.1 Å². The molecule has 1 aromatic rings. The van der Waals surface area contributed by atoms with Crippen LogP contribution in [0.15, 0.2) is 12.1 Å². The Hall–Kier alpha value is -1.49. The number of carbonyl (C=O) groups excluding carboxylic acids is 1. The van der Waals surface area contributed by atoms with Crippen molar-refractivity contribution < 1.29 is 13.6 Å². The number of hydrogen-bond donors (Lipinski definition) is 2. The highest BCUT2D eigenvalue weighted by atomic mass is 19.1. The standard InChI is InChI=1S/C12H14F2N2O/c1-7-4-9(14)10(5-8(7)13)16-11(17)12(6-15)2-3-12/h4-5H,2-3,6,15H2,1H3,(H,16,17). The van der Waals surface area contributed by atoms with Crippen molar-refractivity contribution in [1.82, 2.24) is 0 Å². The van der Waals surface area contributed by atoms with E-state index < -0.39 is 17.0 Å². The fourth-order valence-corrected chi connectivity index (χ4v) is 1.67. The lowest BCUT2D eigenvalue weighted by molar-refractivity contribution is -0.120. The van der Waals surface area contributed by atoms with E-state index in [1.807, 2.05) is 0 Å². The van der Waals surface area contributed by atoms with Gasteiger partial charge in [0, 0.05) is 12.6 Å². The van der Waals surface area contributed by atoms with Crippen LogP contribution in [0.25, 0.3) is 0 Å². The van der Waals surface area contributed by atoms with Crippen molar-refractivity contribution in [2.75, 3.05) is 11.9 Å². The molecule has 1 fully saturated rings. The highest BCUT2D eigenvalue weighted by Crippen LogP contribution is 2.45. The highest BCUT2D eigenvalue weighted by molar-refractivity contribution is 5.97. The van der Waals surface area contributed by atoms with E-state index >= 15 is 0 Å². The number of amides is 1. The summed E-state index contributed by atoms with van der Waals surface area (Å²) in [6, 6.07) is 2.06. The molecule has 92 valence electrons. The minimum Gasteiger partial charge on any atom is -0.329 e. The number of anilines is 1. The van der Waals surface area contributed by atoms with E-state index in [0.29, 0.717) is 12.8 Å². The Balaban J connectivity index is 2.19. The molecule has 1 aliphatic carbocycles. The largest absolute Gasteiger partial charge is 0.329 e. The molecule has 3 N–H and O–H groups in total. The molecule has 5 heteroatoms. The second kappa shape index (κ2) is 4.07. The van der Waals surface area contributed by atoms with Crippen molar-refractivity contribution in [1.29, 1.82) is 0 Å². The number of aryl methyl sites for hydroxylation is 1. The molecule has 17 heavy (non-hydrogen) atoms. The van der Waals surface area contributed by atoms with Crippen LogP contribution in [0.3, 0.4) is 0 Å². The molecule has 0 saturated heterocycles. The van der Waals surface area contributed by atoms with Crippen LogP contribution in [0.5, 0.6) is 0 Å². The van der Waals surface area contributed by atoms with Gasteiger partial charge in [0.05, 0.1) is 11.1 Å². The average Bonchev–Trinajstić information content (AvgIpc) is 3.06. The number of nitrogens with two attached hydrogens (primary N) is 1. The monoisotopic (exact) mass is 240 g/mol. The zero-order valence-corrected chi connectivity index (χ0v) is 9.52. The Labute approximate surface area is 98.0 Å². The Kier molecular flexibility index (Phi) is 2.87. The van der Waals surface area contributed by atoms with Gasteiger partial charge in [0.2, 0.25) is 5.91 Å². The summed E-state index contributed by atoms with van der Waals surface area (Å²) in [5.74, 6) is -1.51. The minimum absolute atomic E-state index is 0.127. The van der Waals surface area contributed by atoms with E-state index in [1.54, 1.807) is 0 Å². The molecule has 1 aromatic carbocycles. The van der Waals surface area contributed by atoms with Crippen LogP contribution < -0.4 is 11.1 Å². The molecule has 0 unspecified atom stereocenters. The van der Waals surface area contributed by atoms with Crippen LogP contribution in [0.1, 0.15) is 18.4 Å². The molecule has 0 atom stereocenters. The van der Waals surface area contributed by atoms with E-state index in [4.69, 9.17) is 5.73 Å².